The summed E-state index contributed by atoms with van der Waals surface area (Å²) in [5.74, 6) is 4.05. The minimum atomic E-state index is -0.214. The Hall–Kier alpha value is -19.0. The van der Waals surface area contributed by atoms with E-state index in [1.54, 1.807) is 31.2 Å². The molecule has 16 heterocycles. The fraction of sp³-hybridized carbons (Fsp3) is 0.0930. The van der Waals surface area contributed by atoms with Crippen molar-refractivity contribution < 1.29 is 0 Å². The molecule has 0 bridgehead atoms. The number of benzene rings is 16. The normalized spacial score (nSPS) is 13.9. The summed E-state index contributed by atoms with van der Waals surface area (Å²) in [6, 6.07) is 130. The number of hydrogen-bond donors (Lipinski definition) is 0. The molecule has 12 aromatic heterocycles. The van der Waals surface area contributed by atoms with Gasteiger partial charge >= 0.3 is 0 Å². The van der Waals surface area contributed by atoms with E-state index < -0.39 is 0 Å². The number of pyridine rings is 1. The van der Waals surface area contributed by atoms with E-state index in [1.165, 1.54) is 149 Å². The van der Waals surface area contributed by atoms with Crippen molar-refractivity contribution in [1.29, 1.82) is 0 Å². The molecular weight excluding hydrogens is 1820 g/mol. The van der Waals surface area contributed by atoms with Gasteiger partial charge in [0, 0.05) is 136 Å². The molecule has 148 heavy (non-hydrogen) atoms. The van der Waals surface area contributed by atoms with Crippen molar-refractivity contribution in [1.82, 2.24) is 91.4 Å². The number of imidazole rings is 4. The molecule has 0 radical (unpaired) electrons. The van der Waals surface area contributed by atoms with Crippen LogP contribution in [0.15, 0.2) is 420 Å². The molecule has 19 heteroatoms. The Morgan fingerprint density at radius 3 is 0.784 bits per heavy atom. The highest BCUT2D eigenvalue weighted by Gasteiger charge is 2.43. The molecule has 28 aromatic rings. The van der Waals surface area contributed by atoms with Crippen molar-refractivity contribution in [3.05, 3.63) is 465 Å². The van der Waals surface area contributed by atoms with Gasteiger partial charge in [0.25, 0.3) is 0 Å². The van der Waals surface area contributed by atoms with Crippen LogP contribution in [0.25, 0.3) is 223 Å². The van der Waals surface area contributed by atoms with Crippen molar-refractivity contribution in [3.8, 4) is 91.4 Å². The molecule has 16 aromatic carbocycles. The van der Waals surface area contributed by atoms with Gasteiger partial charge in [-0.15, -0.1) is 0 Å². The van der Waals surface area contributed by atoms with Gasteiger partial charge in [-0.1, -0.05) is 250 Å². The number of aromatic nitrogens is 19. The zero-order chi connectivity index (χ0) is 98.9. The fourth-order valence-corrected chi connectivity index (χ4v) is 24.7. The zero-order valence-corrected chi connectivity index (χ0v) is 82.3. The average Bonchev–Trinajstić information content (AvgIpc) is 1.52. The van der Waals surface area contributed by atoms with E-state index in [0.717, 1.165) is 113 Å². The second-order valence-corrected chi connectivity index (χ2v) is 41.1. The molecule has 0 fully saturated rings. The number of para-hydroxylation sites is 12. The van der Waals surface area contributed by atoms with E-state index in [2.05, 4.69) is 467 Å². The summed E-state index contributed by atoms with van der Waals surface area (Å²) >= 11 is 0. The van der Waals surface area contributed by atoms with Crippen LogP contribution in [-0.4, -0.2) is 91.4 Å². The summed E-state index contributed by atoms with van der Waals surface area (Å²) < 4.78 is 18.7. The maximum absolute atomic E-state index is 5.10. The lowest BCUT2D eigenvalue weighted by Gasteiger charge is -2.35. The molecule has 4 aliphatic rings. The Bertz CT molecular complexity index is 9010. The second-order valence-electron chi connectivity index (χ2n) is 41.1. The van der Waals surface area contributed by atoms with Crippen LogP contribution in [0.3, 0.4) is 0 Å². The Morgan fingerprint density at radius 1 is 0.196 bits per heavy atom. The third kappa shape index (κ3) is 12.5. The lowest BCUT2D eigenvalue weighted by molar-refractivity contribution is 0.628. The molecule has 0 aliphatic carbocycles. The highest BCUT2D eigenvalue weighted by atomic mass is 15.2. The summed E-state index contributed by atoms with van der Waals surface area (Å²) in [7, 11) is 0. The summed E-state index contributed by atoms with van der Waals surface area (Å²) in [6.07, 6.45) is 15.8. The van der Waals surface area contributed by atoms with Crippen LogP contribution in [0.5, 0.6) is 0 Å². The molecule has 19 nitrogen and oxygen atoms in total. The van der Waals surface area contributed by atoms with Crippen molar-refractivity contribution in [2.24, 2.45) is 0 Å². The number of fused-ring (bicyclic) bond motifs is 20. The molecule has 4 aliphatic heterocycles. The average molecular weight is 1910 g/mol. The van der Waals surface area contributed by atoms with E-state index in [9.17, 15) is 0 Å². The van der Waals surface area contributed by atoms with Gasteiger partial charge in [-0.25, -0.2) is 49.8 Å². The van der Waals surface area contributed by atoms with Gasteiger partial charge in [0.05, 0.1) is 117 Å². The molecule has 0 amide bonds. The SMILES string of the molecule is CC1(C)c2cc(-n3c4ccccc4c4ccccc43)ccc2-n2c(-c3ccncc3)nc3cccc1c32.CC1(C)c2cc(-n3c4ccccc4c4ccccc43)ccc2-n2c(-c3ccncn3)nc3cccc1c32.CC1(C)c2cc(-n3c4ccccc4c4ccccc43)ccc2-n2c(-c3cncnc3)nc3cccc1c32.CC1(C)c2cc(-n3c4ccccc4c4ccccc43)ccc2-n2c(-c3ncccn3)nc3cccc1c32. The summed E-state index contributed by atoms with van der Waals surface area (Å²) in [4.78, 5) is 50.7. The van der Waals surface area contributed by atoms with Gasteiger partial charge in [-0.2, -0.15) is 0 Å². The topological polar surface area (TPSA) is 181 Å². The molecule has 0 spiro atoms. The molecule has 0 saturated carbocycles. The van der Waals surface area contributed by atoms with Crippen LogP contribution in [0, 0.1) is 0 Å². The summed E-state index contributed by atoms with van der Waals surface area (Å²) in [5, 5.41) is 10.1. The van der Waals surface area contributed by atoms with Gasteiger partial charge in [-0.05, 0) is 214 Å². The first-order valence-corrected chi connectivity index (χ1v) is 50.3. The van der Waals surface area contributed by atoms with Crippen molar-refractivity contribution >= 4 is 131 Å². The first-order valence-electron chi connectivity index (χ1n) is 50.3. The Labute approximate surface area is 850 Å². The van der Waals surface area contributed by atoms with Crippen molar-refractivity contribution in [3.63, 3.8) is 0 Å². The first-order chi connectivity index (χ1) is 72.5. The second kappa shape index (κ2) is 32.2. The van der Waals surface area contributed by atoms with E-state index >= 15 is 0 Å². The third-order valence-electron chi connectivity index (χ3n) is 31.7. The minimum Gasteiger partial charge on any atom is -0.309 e. The van der Waals surface area contributed by atoms with Gasteiger partial charge in [0.1, 0.15) is 30.0 Å². The van der Waals surface area contributed by atoms with Gasteiger partial charge < -0.3 is 18.3 Å². The standard InChI is InChI=1S/C33H24N4.3C32H23N5/c1-33(2)25-10-7-11-27-31(25)37(32(35-27)21-16-18-34-19-17-21)30-15-14-22(20-26(30)33)36-28-12-5-3-8-23(28)24-9-4-6-13-29(24)36;1-32(2)23-11-7-12-25-29(23)37(31(35-25)30-33-17-8-18-34-30)28-16-15-20(19-24(28)32)36-26-13-5-3-9-21(26)22-10-4-6-14-27(22)36;1-32(2)24-10-7-11-26-30(24)37(31(35-26)20-17-33-19-34-18-20)29-15-14-21(16-25(29)32)36-27-12-5-3-8-22(27)23-9-4-6-13-28(23)36;1-32(2)23-10-7-11-25-30(23)37(31(35-25)26-16-17-33-19-34-26)29-15-14-20(18-24(29)32)36-27-12-5-3-8-21(27)22-9-4-6-13-28(22)36/h3-20H,1-2H3;3*3-19H,1-2H3. The van der Waals surface area contributed by atoms with Crippen LogP contribution in [0.2, 0.25) is 0 Å². The van der Waals surface area contributed by atoms with Gasteiger partial charge in [0.15, 0.2) is 17.5 Å². The lowest BCUT2D eigenvalue weighted by Crippen LogP contribution is -2.27. The third-order valence-corrected chi connectivity index (χ3v) is 31.7. The van der Waals surface area contributed by atoms with Crippen molar-refractivity contribution in [2.75, 3.05) is 0 Å². The smallest absolute Gasteiger partial charge is 0.196 e. The van der Waals surface area contributed by atoms with Gasteiger partial charge in [-0.3, -0.25) is 23.3 Å². The van der Waals surface area contributed by atoms with Crippen LogP contribution >= 0.6 is 0 Å². The maximum Gasteiger partial charge on any atom is 0.196 e. The largest absolute Gasteiger partial charge is 0.309 e. The lowest BCUT2D eigenvalue weighted by atomic mass is 9.74. The molecule has 0 atom stereocenters. The van der Waals surface area contributed by atoms with Gasteiger partial charge in [0.2, 0.25) is 0 Å². The van der Waals surface area contributed by atoms with E-state index in [4.69, 9.17) is 19.9 Å². The number of rotatable bonds is 8. The summed E-state index contributed by atoms with van der Waals surface area (Å²) in [6.45, 7) is 18.6. The Kier molecular flexibility index (Phi) is 18.7. The maximum atomic E-state index is 5.10. The van der Waals surface area contributed by atoms with Crippen LogP contribution < -0.4 is 0 Å². The quantitative estimate of drug-likeness (QED) is 0.141. The molecular formula is C129H93N19. The van der Waals surface area contributed by atoms with Crippen LogP contribution in [-0.2, 0) is 21.7 Å². The van der Waals surface area contributed by atoms with Crippen LogP contribution in [0.4, 0.5) is 0 Å². The predicted octanol–water partition coefficient (Wildman–Crippen LogP) is 29.5. The Morgan fingerprint density at radius 2 is 0.473 bits per heavy atom. The monoisotopic (exact) mass is 1910 g/mol. The highest BCUT2D eigenvalue weighted by molar-refractivity contribution is 6.13. The van der Waals surface area contributed by atoms with Crippen molar-refractivity contribution in [2.45, 2.75) is 77.0 Å². The summed E-state index contributed by atoms with van der Waals surface area (Å²) in [5.41, 5.74) is 39.7. The Balaban J connectivity index is 0.0000000930. The van der Waals surface area contributed by atoms with E-state index in [0.29, 0.717) is 5.82 Å². The molecule has 0 saturated heterocycles. The van der Waals surface area contributed by atoms with E-state index in [-0.39, 0.29) is 21.7 Å². The number of nitrogens with zero attached hydrogens (tertiary/aromatic N) is 19. The fourth-order valence-electron chi connectivity index (χ4n) is 24.7. The number of hydrogen-bond acceptors (Lipinski definition) is 11. The molecule has 0 unspecified atom stereocenters. The highest BCUT2D eigenvalue weighted by Crippen LogP contribution is 2.54. The predicted molar refractivity (Wildman–Crippen MR) is 596 cm³/mol. The first kappa shape index (κ1) is 85.7. The molecule has 32 rings (SSSR count). The van der Waals surface area contributed by atoms with E-state index in [1.807, 2.05) is 49.1 Å². The zero-order valence-electron chi connectivity index (χ0n) is 82.3. The minimum absolute atomic E-state index is 0.185. The molecule has 0 N–H and O–H groups in total. The molecule has 704 valence electrons. The van der Waals surface area contributed by atoms with Crippen LogP contribution in [0.1, 0.15) is 99.9 Å².